The topological polar surface area (TPSA) is 59.6 Å². The molecule has 1 aromatic rings. The van der Waals surface area contributed by atoms with Crippen LogP contribution in [0, 0.1) is 5.92 Å². The number of halogens is 1. The number of ether oxygens (including phenoxy) is 1. The Morgan fingerprint density at radius 1 is 1.56 bits per heavy atom. The number of methoxy groups -OCH3 is 1. The first-order chi connectivity index (χ1) is 8.69. The summed E-state index contributed by atoms with van der Waals surface area (Å²) in [5, 5.41) is 3.58. The zero-order valence-electron chi connectivity index (χ0n) is 10.4. The Kier molecular flexibility index (Phi) is 4.31. The summed E-state index contributed by atoms with van der Waals surface area (Å²) in [7, 11) is 1.59. The van der Waals surface area contributed by atoms with E-state index in [-0.39, 0.29) is 0 Å². The number of guanidine groups is 1. The van der Waals surface area contributed by atoms with Crippen LogP contribution < -0.4 is 15.8 Å². The molecule has 0 heterocycles. The van der Waals surface area contributed by atoms with Gasteiger partial charge in [-0.1, -0.05) is 18.0 Å². The minimum absolute atomic E-state index is 0.433. The van der Waals surface area contributed by atoms with Gasteiger partial charge in [0.2, 0.25) is 0 Å². The Hall–Kier alpha value is -1.42. The van der Waals surface area contributed by atoms with Crippen molar-refractivity contribution >= 4 is 23.2 Å². The smallest absolute Gasteiger partial charge is 0.193 e. The fourth-order valence-corrected chi connectivity index (χ4v) is 2.09. The van der Waals surface area contributed by atoms with Gasteiger partial charge >= 0.3 is 0 Å². The molecule has 0 radical (unpaired) electrons. The molecule has 4 nitrogen and oxygen atoms in total. The Morgan fingerprint density at radius 3 is 2.89 bits per heavy atom. The van der Waals surface area contributed by atoms with Crippen LogP contribution in [0.2, 0.25) is 5.02 Å². The van der Waals surface area contributed by atoms with Gasteiger partial charge in [-0.2, -0.15) is 0 Å². The van der Waals surface area contributed by atoms with Crippen LogP contribution in [-0.4, -0.2) is 19.6 Å². The summed E-state index contributed by atoms with van der Waals surface area (Å²) in [5.41, 5.74) is 6.63. The maximum Gasteiger partial charge on any atom is 0.193 e. The molecule has 18 heavy (non-hydrogen) atoms. The number of nitrogens with zero attached hydrogens (tertiary/aromatic N) is 1. The quantitative estimate of drug-likeness (QED) is 0.651. The van der Waals surface area contributed by atoms with Gasteiger partial charge in [0.15, 0.2) is 5.96 Å². The SMILES string of the molecule is COc1ccc(NC(N)=NCC2CCC2)cc1Cl. The van der Waals surface area contributed by atoms with Gasteiger partial charge in [-0.3, -0.25) is 4.99 Å². The molecule has 0 atom stereocenters. The molecule has 2 rings (SSSR count). The van der Waals surface area contributed by atoms with Gasteiger partial charge in [-0.25, -0.2) is 0 Å². The Labute approximate surface area is 112 Å². The molecule has 1 aliphatic rings. The Bertz CT molecular complexity index is 444. The molecule has 1 fully saturated rings. The molecule has 0 aromatic heterocycles. The summed E-state index contributed by atoms with van der Waals surface area (Å²) >= 11 is 6.03. The van der Waals surface area contributed by atoms with Gasteiger partial charge in [0.1, 0.15) is 5.75 Å². The van der Waals surface area contributed by atoms with Crippen molar-refractivity contribution < 1.29 is 4.74 Å². The van der Waals surface area contributed by atoms with Gasteiger partial charge in [0.05, 0.1) is 12.1 Å². The van der Waals surface area contributed by atoms with E-state index in [1.807, 2.05) is 6.07 Å². The molecule has 98 valence electrons. The van der Waals surface area contributed by atoms with Crippen molar-refractivity contribution in [2.24, 2.45) is 16.6 Å². The van der Waals surface area contributed by atoms with E-state index in [1.54, 1.807) is 19.2 Å². The van der Waals surface area contributed by atoms with Crippen molar-refractivity contribution in [2.45, 2.75) is 19.3 Å². The molecule has 0 aliphatic heterocycles. The van der Waals surface area contributed by atoms with Gasteiger partial charge in [-0.15, -0.1) is 0 Å². The highest BCUT2D eigenvalue weighted by Gasteiger charge is 2.16. The first-order valence-electron chi connectivity index (χ1n) is 6.09. The predicted octanol–water partition coefficient (Wildman–Crippen LogP) is 2.88. The largest absolute Gasteiger partial charge is 0.495 e. The van der Waals surface area contributed by atoms with E-state index in [9.17, 15) is 0 Å². The fraction of sp³-hybridized carbons (Fsp3) is 0.462. The lowest BCUT2D eigenvalue weighted by Gasteiger charge is -2.23. The fourth-order valence-electron chi connectivity index (χ4n) is 1.83. The second-order valence-electron chi connectivity index (χ2n) is 4.50. The minimum atomic E-state index is 0.433. The van der Waals surface area contributed by atoms with E-state index in [2.05, 4.69) is 10.3 Å². The lowest BCUT2D eigenvalue weighted by Crippen LogP contribution is -2.25. The van der Waals surface area contributed by atoms with Crippen molar-refractivity contribution in [3.63, 3.8) is 0 Å². The minimum Gasteiger partial charge on any atom is -0.495 e. The number of hydrogen-bond acceptors (Lipinski definition) is 2. The first kappa shape index (κ1) is 13.0. The molecule has 1 saturated carbocycles. The maximum atomic E-state index is 6.03. The monoisotopic (exact) mass is 267 g/mol. The van der Waals surface area contributed by atoms with Crippen molar-refractivity contribution in [3.8, 4) is 5.75 Å². The molecule has 3 N–H and O–H groups in total. The molecule has 0 spiro atoms. The van der Waals surface area contributed by atoms with Crippen molar-refractivity contribution in [1.29, 1.82) is 0 Å². The van der Waals surface area contributed by atoms with E-state index in [4.69, 9.17) is 22.1 Å². The number of aliphatic imine (C=N–C) groups is 1. The summed E-state index contributed by atoms with van der Waals surface area (Å²) in [6, 6.07) is 5.42. The van der Waals surface area contributed by atoms with Crippen LogP contribution in [0.3, 0.4) is 0 Å². The second-order valence-corrected chi connectivity index (χ2v) is 4.90. The summed E-state index contributed by atoms with van der Waals surface area (Å²) in [5.74, 6) is 1.79. The van der Waals surface area contributed by atoms with Crippen LogP contribution in [0.1, 0.15) is 19.3 Å². The number of hydrogen-bond donors (Lipinski definition) is 2. The van der Waals surface area contributed by atoms with Crippen molar-refractivity contribution in [3.05, 3.63) is 23.2 Å². The molecular formula is C13H18ClN3O. The summed E-state index contributed by atoms with van der Waals surface area (Å²) in [4.78, 5) is 4.32. The molecule has 0 unspecified atom stereocenters. The first-order valence-corrected chi connectivity index (χ1v) is 6.47. The molecule has 5 heteroatoms. The lowest BCUT2D eigenvalue weighted by molar-refractivity contribution is 0.326. The molecular weight excluding hydrogens is 250 g/mol. The summed E-state index contributed by atoms with van der Waals surface area (Å²) in [6.45, 7) is 0.808. The zero-order chi connectivity index (χ0) is 13.0. The van der Waals surface area contributed by atoms with E-state index < -0.39 is 0 Å². The molecule has 0 saturated heterocycles. The van der Waals surface area contributed by atoms with Gasteiger partial charge < -0.3 is 15.8 Å². The van der Waals surface area contributed by atoms with Gasteiger partial charge in [-0.05, 0) is 37.0 Å². The zero-order valence-corrected chi connectivity index (χ0v) is 11.2. The number of nitrogens with two attached hydrogens (primary N) is 1. The second kappa shape index (κ2) is 5.96. The van der Waals surface area contributed by atoms with Crippen LogP contribution >= 0.6 is 11.6 Å². The molecule has 0 bridgehead atoms. The van der Waals surface area contributed by atoms with E-state index in [0.717, 1.165) is 12.2 Å². The van der Waals surface area contributed by atoms with Gasteiger partial charge in [0, 0.05) is 12.2 Å². The Balaban J connectivity index is 1.93. The predicted molar refractivity (Wildman–Crippen MR) is 75.5 cm³/mol. The highest BCUT2D eigenvalue weighted by atomic mass is 35.5. The normalized spacial score (nSPS) is 16.2. The van der Waals surface area contributed by atoms with Crippen LogP contribution in [0.25, 0.3) is 0 Å². The molecule has 1 aliphatic carbocycles. The summed E-state index contributed by atoms with van der Waals surface area (Å²) < 4.78 is 5.08. The highest BCUT2D eigenvalue weighted by Crippen LogP contribution is 2.27. The average Bonchev–Trinajstić information content (AvgIpc) is 2.27. The van der Waals surface area contributed by atoms with Crippen molar-refractivity contribution in [2.75, 3.05) is 19.0 Å². The van der Waals surface area contributed by atoms with E-state index in [1.165, 1.54) is 19.3 Å². The maximum absolute atomic E-state index is 6.03. The third-order valence-electron chi connectivity index (χ3n) is 3.17. The van der Waals surface area contributed by atoms with Crippen LogP contribution in [0.4, 0.5) is 5.69 Å². The van der Waals surface area contributed by atoms with E-state index >= 15 is 0 Å². The molecule has 0 amide bonds. The average molecular weight is 268 g/mol. The van der Waals surface area contributed by atoms with Crippen molar-refractivity contribution in [1.82, 2.24) is 0 Å². The number of benzene rings is 1. The third-order valence-corrected chi connectivity index (χ3v) is 3.46. The number of rotatable bonds is 4. The number of anilines is 1. The van der Waals surface area contributed by atoms with Crippen LogP contribution in [0.5, 0.6) is 5.75 Å². The lowest BCUT2D eigenvalue weighted by atomic mass is 9.86. The van der Waals surface area contributed by atoms with Crippen LogP contribution in [0.15, 0.2) is 23.2 Å². The number of nitrogens with one attached hydrogen (secondary N) is 1. The highest BCUT2D eigenvalue weighted by molar-refractivity contribution is 6.32. The van der Waals surface area contributed by atoms with Crippen LogP contribution in [-0.2, 0) is 0 Å². The molecule has 1 aromatic carbocycles. The third kappa shape index (κ3) is 3.29. The van der Waals surface area contributed by atoms with E-state index in [0.29, 0.717) is 22.6 Å². The summed E-state index contributed by atoms with van der Waals surface area (Å²) in [6.07, 6.45) is 3.86. The standard InChI is InChI=1S/C13H18ClN3O/c1-18-12-6-5-10(7-11(12)14)17-13(15)16-8-9-3-2-4-9/h5-7,9H,2-4,8H2,1H3,(H3,15,16,17). The van der Waals surface area contributed by atoms with Gasteiger partial charge in [0.25, 0.3) is 0 Å². The Morgan fingerprint density at radius 2 is 2.33 bits per heavy atom.